The van der Waals surface area contributed by atoms with E-state index in [1.165, 1.54) is 30.3 Å². The van der Waals surface area contributed by atoms with E-state index in [1.54, 1.807) is 23.1 Å². The Morgan fingerprint density at radius 3 is 2.52 bits per heavy atom. The summed E-state index contributed by atoms with van der Waals surface area (Å²) in [5, 5.41) is 13.1. The first-order valence-electron chi connectivity index (χ1n) is 17.4. The Morgan fingerprint density at radius 1 is 1.09 bits per heavy atom. The maximum Gasteiger partial charge on any atom is 0.411 e. The molecule has 286 valence electrons. The first-order chi connectivity index (χ1) is 25.5. The van der Waals surface area contributed by atoms with Crippen molar-refractivity contribution in [2.45, 2.75) is 83.0 Å². The highest BCUT2D eigenvalue weighted by Gasteiger charge is 2.64. The fraction of sp³-hybridized carbons (Fsp3) is 0.444. The van der Waals surface area contributed by atoms with E-state index in [4.69, 9.17) is 16.3 Å². The number of alkyl carbamates (subject to hydrolysis) is 1. The quantitative estimate of drug-likeness (QED) is 0.139. The van der Waals surface area contributed by atoms with Gasteiger partial charge in [-0.2, -0.15) is 23.4 Å². The monoisotopic (exact) mass is 773 g/mol. The third kappa shape index (κ3) is 7.63. The Bertz CT molecular complexity index is 2100. The Morgan fingerprint density at radius 2 is 1.85 bits per heavy atom. The third-order valence-electron chi connectivity index (χ3n) is 9.58. The smallest absolute Gasteiger partial charge is 0.411 e. The lowest BCUT2D eigenvalue weighted by Crippen LogP contribution is -2.51. The first-order valence-corrected chi connectivity index (χ1v) is 17.8. The van der Waals surface area contributed by atoms with E-state index in [0.29, 0.717) is 23.6 Å². The van der Waals surface area contributed by atoms with Gasteiger partial charge in [-0.3, -0.25) is 19.4 Å². The molecule has 0 saturated heterocycles. The molecule has 12 nitrogen and oxygen atoms in total. The second-order valence-corrected chi connectivity index (χ2v) is 15.3. The largest absolute Gasteiger partial charge is 0.447 e. The Kier molecular flexibility index (Phi) is 9.64. The van der Waals surface area contributed by atoms with Gasteiger partial charge in [0.1, 0.15) is 24.3 Å². The van der Waals surface area contributed by atoms with Crippen molar-refractivity contribution in [1.82, 2.24) is 40.1 Å². The number of rotatable bonds is 8. The van der Waals surface area contributed by atoms with Gasteiger partial charge in [0, 0.05) is 18.3 Å². The maximum atomic E-state index is 16.4. The van der Waals surface area contributed by atoms with E-state index in [2.05, 4.69) is 25.5 Å². The zero-order valence-corrected chi connectivity index (χ0v) is 30.3. The molecule has 2 amide bonds. The number of alkyl halides is 4. The number of halogens is 6. The molecule has 0 spiro atoms. The summed E-state index contributed by atoms with van der Waals surface area (Å²) in [5.74, 6) is -2.55. The molecule has 2 aromatic carbocycles. The van der Waals surface area contributed by atoms with Crippen LogP contribution in [0.4, 0.5) is 26.7 Å². The van der Waals surface area contributed by atoms with Crippen molar-refractivity contribution < 1.29 is 36.3 Å². The summed E-state index contributed by atoms with van der Waals surface area (Å²) in [6.07, 6.45) is -1.97. The average molecular weight is 774 g/mol. The van der Waals surface area contributed by atoms with Crippen LogP contribution in [-0.2, 0) is 4.74 Å². The SMILES string of the molecule is CC(C)(C)CCN=C1NC(F)c2ncnn2-c2cc(ccc2Cl)[C@@H](COC(=O)NC2(C(F)(F)F)CC2)N1C(=O)c1ccc(-c2cnn(C3CC3)c2)cc1F. The predicted molar refractivity (Wildman–Crippen MR) is 187 cm³/mol. The molecule has 3 heterocycles. The number of amides is 2. The minimum atomic E-state index is -4.72. The number of guanidine groups is 1. The summed E-state index contributed by atoms with van der Waals surface area (Å²) >= 11 is 6.53. The number of carbonyl (C=O) groups is 2. The molecule has 4 aromatic rings. The minimum absolute atomic E-state index is 0.0649. The van der Waals surface area contributed by atoms with Gasteiger partial charge in [-0.25, -0.2) is 23.2 Å². The number of fused-ring (bicyclic) bond motifs is 4. The van der Waals surface area contributed by atoms with Gasteiger partial charge < -0.3 is 15.4 Å². The Hall–Kier alpha value is -5.06. The number of hydrogen-bond donors (Lipinski definition) is 2. The number of hydrogen-bond acceptors (Lipinski definition) is 7. The molecule has 1 unspecified atom stereocenters. The van der Waals surface area contributed by atoms with Gasteiger partial charge in [0.25, 0.3) is 5.91 Å². The van der Waals surface area contributed by atoms with E-state index in [1.807, 2.05) is 26.1 Å². The van der Waals surface area contributed by atoms with Gasteiger partial charge in [0.15, 0.2) is 5.82 Å². The lowest BCUT2D eigenvalue weighted by Gasteiger charge is -2.35. The van der Waals surface area contributed by atoms with Gasteiger partial charge in [-0.05, 0) is 72.9 Å². The number of carbonyl (C=O) groups excluding carboxylic acids is 2. The highest BCUT2D eigenvalue weighted by Crippen LogP contribution is 2.49. The summed E-state index contributed by atoms with van der Waals surface area (Å²) in [5.41, 5.74) is -1.68. The lowest BCUT2D eigenvalue weighted by atomic mass is 9.92. The van der Waals surface area contributed by atoms with Gasteiger partial charge >= 0.3 is 12.3 Å². The van der Waals surface area contributed by atoms with Crippen LogP contribution in [0.15, 0.2) is 60.1 Å². The summed E-state index contributed by atoms with van der Waals surface area (Å²) in [7, 11) is 0. The highest BCUT2D eigenvalue weighted by atomic mass is 35.5. The van der Waals surface area contributed by atoms with E-state index in [-0.39, 0.29) is 52.9 Å². The van der Waals surface area contributed by atoms with E-state index < -0.39 is 54.0 Å². The topological polar surface area (TPSA) is 132 Å². The molecule has 2 aliphatic carbocycles. The molecule has 54 heavy (non-hydrogen) atoms. The Labute approximate surface area is 311 Å². The van der Waals surface area contributed by atoms with Gasteiger partial charge in [-0.1, -0.05) is 44.5 Å². The number of benzene rings is 2. The molecule has 2 N–H and O–H groups in total. The summed E-state index contributed by atoms with van der Waals surface area (Å²) in [4.78, 5) is 37.3. The summed E-state index contributed by atoms with van der Waals surface area (Å²) in [6, 6.07) is 7.26. The van der Waals surface area contributed by atoms with Crippen LogP contribution >= 0.6 is 11.6 Å². The van der Waals surface area contributed by atoms with Gasteiger partial charge in [0.05, 0.1) is 34.6 Å². The van der Waals surface area contributed by atoms with Gasteiger partial charge in [-0.15, -0.1) is 0 Å². The van der Waals surface area contributed by atoms with Crippen molar-refractivity contribution in [3.05, 3.63) is 82.9 Å². The molecule has 3 aliphatic rings. The van der Waals surface area contributed by atoms with E-state index in [0.717, 1.165) is 28.8 Å². The fourth-order valence-electron chi connectivity index (χ4n) is 6.09. The number of ether oxygens (including phenoxy) is 1. The van der Waals surface area contributed by atoms with Gasteiger partial charge in [0.2, 0.25) is 12.3 Å². The molecule has 2 aromatic heterocycles. The molecule has 2 bridgehead atoms. The van der Waals surface area contributed by atoms with Crippen molar-refractivity contribution in [3.8, 4) is 16.8 Å². The minimum Gasteiger partial charge on any atom is -0.447 e. The normalized spacial score (nSPS) is 20.2. The van der Waals surface area contributed by atoms with Crippen LogP contribution in [0.25, 0.3) is 16.8 Å². The first kappa shape index (κ1) is 37.3. The molecule has 18 heteroatoms. The molecule has 0 radical (unpaired) electrons. The van der Waals surface area contributed by atoms with Crippen molar-refractivity contribution >= 4 is 29.6 Å². The van der Waals surface area contributed by atoms with Crippen LogP contribution < -0.4 is 10.6 Å². The molecule has 2 fully saturated rings. The lowest BCUT2D eigenvalue weighted by molar-refractivity contribution is -0.164. The number of aliphatic imine (C=N–C) groups is 1. The predicted octanol–water partition coefficient (Wildman–Crippen LogP) is 7.63. The zero-order valence-electron chi connectivity index (χ0n) is 29.5. The standard InChI is InChI=1S/C36H37ClF5N9O3/c1-34(2,3)12-13-43-32-47-29(39)30-44-19-46-51(30)27-15-21(5-9-25(27)37)28(18-54-33(53)48-35(10-11-35)36(40,41)42)50(32)31(52)24-8-4-20(14-26(24)38)22-16-45-49(17-22)23-6-7-23/h4-5,8-9,14-17,19,23,28-29H,6-7,10-13,18H2,1-3H3,(H,43,47)(H,48,53)/t28-,29?/m1/s1. The molecular formula is C36H37ClF5N9O3. The second-order valence-electron chi connectivity index (χ2n) is 14.9. The van der Waals surface area contributed by atoms with E-state index >= 15 is 8.78 Å². The van der Waals surface area contributed by atoms with Crippen LogP contribution in [0.5, 0.6) is 0 Å². The van der Waals surface area contributed by atoms with Crippen molar-refractivity contribution in [3.63, 3.8) is 0 Å². The van der Waals surface area contributed by atoms with Crippen LogP contribution in [0, 0.1) is 11.2 Å². The van der Waals surface area contributed by atoms with E-state index in [9.17, 15) is 22.8 Å². The molecule has 2 atom stereocenters. The molecule has 2 saturated carbocycles. The fourth-order valence-corrected chi connectivity index (χ4v) is 6.29. The van der Waals surface area contributed by atoms with Crippen LogP contribution in [-0.4, -0.2) is 72.3 Å². The Balaban J connectivity index is 1.32. The summed E-state index contributed by atoms with van der Waals surface area (Å²) in [6.45, 7) is 5.19. The van der Waals surface area contributed by atoms with Crippen LogP contribution in [0.1, 0.15) is 93.0 Å². The zero-order chi connectivity index (χ0) is 38.6. The second kappa shape index (κ2) is 14.0. The number of nitrogens with zero attached hydrogens (tertiary/aromatic N) is 7. The number of nitrogens with one attached hydrogen (secondary N) is 2. The maximum absolute atomic E-state index is 16.4. The number of aromatic nitrogens is 5. The van der Waals surface area contributed by atoms with Crippen molar-refractivity contribution in [2.24, 2.45) is 10.4 Å². The third-order valence-corrected chi connectivity index (χ3v) is 9.90. The van der Waals surface area contributed by atoms with Crippen LogP contribution in [0.2, 0.25) is 5.02 Å². The average Bonchev–Trinajstić information content (AvgIpc) is 4.00. The molecule has 1 aliphatic heterocycles. The van der Waals surface area contributed by atoms with Crippen molar-refractivity contribution in [2.75, 3.05) is 13.2 Å². The molecular weight excluding hydrogens is 737 g/mol. The summed E-state index contributed by atoms with van der Waals surface area (Å²) < 4.78 is 82.0. The molecule has 7 rings (SSSR count). The van der Waals surface area contributed by atoms with Crippen molar-refractivity contribution in [1.29, 1.82) is 0 Å². The highest BCUT2D eigenvalue weighted by molar-refractivity contribution is 6.32. The van der Waals surface area contributed by atoms with Crippen LogP contribution in [0.3, 0.4) is 0 Å².